The van der Waals surface area contributed by atoms with Crippen LogP contribution in [-0.2, 0) is 11.3 Å². The lowest BCUT2D eigenvalue weighted by Crippen LogP contribution is -2.55. The molecule has 2 heterocycles. The van der Waals surface area contributed by atoms with Crippen LogP contribution in [0.25, 0.3) is 11.0 Å². The molecule has 238 valence electrons. The Morgan fingerprint density at radius 2 is 1.83 bits per heavy atom. The predicted octanol–water partition coefficient (Wildman–Crippen LogP) is 3.37. The van der Waals surface area contributed by atoms with Crippen LogP contribution in [0.1, 0.15) is 38.0 Å². The number of aliphatic hydroxyl groups excluding tert-OH is 2. The fourth-order valence-electron chi connectivity index (χ4n) is 6.10. The van der Waals surface area contributed by atoms with Gasteiger partial charge in [-0.3, -0.25) is 14.4 Å². The lowest BCUT2D eigenvalue weighted by atomic mass is 9.77. The van der Waals surface area contributed by atoms with Crippen LogP contribution in [0, 0.1) is 5.82 Å². The summed E-state index contributed by atoms with van der Waals surface area (Å²) < 4.78 is 36.9. The van der Waals surface area contributed by atoms with E-state index in [-0.39, 0.29) is 48.1 Å². The molecule has 0 saturated carbocycles. The number of carbonyl (C=O) groups is 3. The maximum absolute atomic E-state index is 14.3. The van der Waals surface area contributed by atoms with Gasteiger partial charge in [0.2, 0.25) is 5.91 Å². The number of aldehydes is 1. The summed E-state index contributed by atoms with van der Waals surface area (Å²) in [6.07, 6.45) is -0.338. The summed E-state index contributed by atoms with van der Waals surface area (Å²) in [5, 5.41) is 24.6. The van der Waals surface area contributed by atoms with E-state index >= 15 is 0 Å². The molecule has 46 heavy (non-hydrogen) atoms. The molecule has 4 atom stereocenters. The third-order valence-corrected chi connectivity index (χ3v) is 8.24. The van der Waals surface area contributed by atoms with Gasteiger partial charge in [0.15, 0.2) is 28.6 Å². The fourth-order valence-corrected chi connectivity index (χ4v) is 6.10. The highest BCUT2D eigenvalue weighted by atomic mass is 19.1. The molecular formula is C34H31FN2O9. The number of para-hydroxylation sites is 1. The van der Waals surface area contributed by atoms with Crippen molar-refractivity contribution < 1.29 is 47.6 Å². The topological polar surface area (TPSA) is 148 Å². The van der Waals surface area contributed by atoms with Crippen molar-refractivity contribution >= 4 is 29.1 Å². The van der Waals surface area contributed by atoms with E-state index in [0.29, 0.717) is 34.1 Å². The van der Waals surface area contributed by atoms with E-state index in [1.165, 1.54) is 55.5 Å². The van der Waals surface area contributed by atoms with E-state index in [1.54, 1.807) is 30.3 Å². The number of hydrogen-bond donors (Lipinski definition) is 3. The highest BCUT2D eigenvalue weighted by molar-refractivity contribution is 5.99. The number of benzene rings is 3. The molecule has 1 aromatic heterocycles. The third kappa shape index (κ3) is 5.46. The standard InChI is InChI=1S/C34H31FN2O9/c1-43-25-5-3-4-20-14-27(45-30(20)25)34(42)37(16-18-6-8-21(35)9-7-18)24-15-23(33(41)36-10-11-38)28-22-12-19(17-39)13-26(44-2)31(22)46-32(28)29(24)40/h3-9,12-15,17,24,28-29,32,38,40H,10-11,16H2,1-2H3,(H,36,41)/t24-,28+,29+,32+/m1/s1. The van der Waals surface area contributed by atoms with E-state index in [4.69, 9.17) is 18.6 Å². The minimum Gasteiger partial charge on any atom is -0.493 e. The largest absolute Gasteiger partial charge is 0.493 e. The van der Waals surface area contributed by atoms with E-state index in [2.05, 4.69) is 5.32 Å². The Hall–Kier alpha value is -5.20. The Labute approximate surface area is 262 Å². The van der Waals surface area contributed by atoms with Gasteiger partial charge in [-0.05, 0) is 48.0 Å². The Balaban J connectivity index is 1.48. The number of rotatable bonds is 10. The van der Waals surface area contributed by atoms with Gasteiger partial charge in [0.05, 0.1) is 32.8 Å². The average Bonchev–Trinajstić information content (AvgIpc) is 3.69. The third-order valence-electron chi connectivity index (χ3n) is 8.24. The lowest BCUT2D eigenvalue weighted by molar-refractivity contribution is -0.118. The van der Waals surface area contributed by atoms with Gasteiger partial charge in [0.1, 0.15) is 24.3 Å². The van der Waals surface area contributed by atoms with Crippen molar-refractivity contribution in [3.8, 4) is 17.2 Å². The molecule has 2 aliphatic rings. The number of fused-ring (bicyclic) bond motifs is 4. The van der Waals surface area contributed by atoms with Crippen LogP contribution in [0.3, 0.4) is 0 Å². The molecule has 0 saturated heterocycles. The molecule has 1 aliphatic heterocycles. The van der Waals surface area contributed by atoms with Gasteiger partial charge in [0, 0.05) is 35.2 Å². The van der Waals surface area contributed by atoms with Crippen LogP contribution in [0.4, 0.5) is 4.39 Å². The molecule has 2 amide bonds. The van der Waals surface area contributed by atoms with Crippen molar-refractivity contribution in [1.29, 1.82) is 0 Å². The summed E-state index contributed by atoms with van der Waals surface area (Å²) in [6, 6.07) is 14.2. The number of halogens is 1. The first kappa shape index (κ1) is 30.8. The summed E-state index contributed by atoms with van der Waals surface area (Å²) in [6.45, 7) is -0.467. The van der Waals surface area contributed by atoms with Gasteiger partial charge in [-0.1, -0.05) is 24.3 Å². The normalized spacial score (nSPS) is 19.8. The van der Waals surface area contributed by atoms with Crippen molar-refractivity contribution in [2.45, 2.75) is 30.7 Å². The summed E-state index contributed by atoms with van der Waals surface area (Å²) in [5.74, 6) is -1.62. The van der Waals surface area contributed by atoms with Crippen molar-refractivity contribution in [3.05, 3.63) is 101 Å². The maximum atomic E-state index is 14.3. The van der Waals surface area contributed by atoms with Gasteiger partial charge >= 0.3 is 0 Å². The number of nitrogens with one attached hydrogen (secondary N) is 1. The average molecular weight is 631 g/mol. The van der Waals surface area contributed by atoms with E-state index in [1.807, 2.05) is 0 Å². The lowest BCUT2D eigenvalue weighted by Gasteiger charge is -2.40. The van der Waals surface area contributed by atoms with Crippen LogP contribution >= 0.6 is 0 Å². The molecule has 0 radical (unpaired) electrons. The molecule has 4 aromatic rings. The highest BCUT2D eigenvalue weighted by Gasteiger charge is 2.51. The molecule has 12 heteroatoms. The van der Waals surface area contributed by atoms with Crippen LogP contribution in [-0.4, -0.2) is 78.8 Å². The van der Waals surface area contributed by atoms with Gasteiger partial charge in [-0.25, -0.2) is 4.39 Å². The summed E-state index contributed by atoms with van der Waals surface area (Å²) in [7, 11) is 2.89. The maximum Gasteiger partial charge on any atom is 0.290 e. The quantitative estimate of drug-likeness (QED) is 0.224. The number of carbonyl (C=O) groups excluding carboxylic acids is 3. The van der Waals surface area contributed by atoms with Crippen LogP contribution in [0.5, 0.6) is 17.2 Å². The van der Waals surface area contributed by atoms with E-state index in [9.17, 15) is 29.0 Å². The second-order valence-electron chi connectivity index (χ2n) is 11.0. The zero-order valence-electron chi connectivity index (χ0n) is 24.9. The monoisotopic (exact) mass is 630 g/mol. The highest BCUT2D eigenvalue weighted by Crippen LogP contribution is 2.51. The second kappa shape index (κ2) is 12.7. The number of nitrogens with zero attached hydrogens (tertiary/aromatic N) is 1. The summed E-state index contributed by atoms with van der Waals surface area (Å²) >= 11 is 0. The molecule has 0 spiro atoms. The number of ether oxygens (including phenoxy) is 3. The first-order chi connectivity index (χ1) is 22.3. The zero-order chi connectivity index (χ0) is 32.5. The first-order valence-electron chi connectivity index (χ1n) is 14.5. The minimum atomic E-state index is -1.39. The number of methoxy groups -OCH3 is 2. The summed E-state index contributed by atoms with van der Waals surface area (Å²) in [5.41, 5.74) is 1.79. The Bertz CT molecular complexity index is 1830. The summed E-state index contributed by atoms with van der Waals surface area (Å²) in [4.78, 5) is 41.0. The molecule has 0 bridgehead atoms. The van der Waals surface area contributed by atoms with Crippen LogP contribution in [0.15, 0.2) is 76.7 Å². The number of aliphatic hydroxyl groups is 2. The van der Waals surface area contributed by atoms with Gasteiger partial charge in [-0.2, -0.15) is 0 Å². The molecule has 0 fully saturated rings. The van der Waals surface area contributed by atoms with Crippen molar-refractivity contribution in [1.82, 2.24) is 10.2 Å². The first-order valence-corrected chi connectivity index (χ1v) is 14.5. The van der Waals surface area contributed by atoms with Crippen molar-refractivity contribution in [2.75, 3.05) is 27.4 Å². The molecular weight excluding hydrogens is 599 g/mol. The molecule has 1 aliphatic carbocycles. The molecule has 0 unspecified atom stereocenters. The van der Waals surface area contributed by atoms with Gasteiger partial charge in [0.25, 0.3) is 5.91 Å². The Kier molecular flexibility index (Phi) is 8.48. The Morgan fingerprint density at radius 3 is 2.52 bits per heavy atom. The molecule has 6 rings (SSSR count). The van der Waals surface area contributed by atoms with Crippen LogP contribution < -0.4 is 19.5 Å². The predicted molar refractivity (Wildman–Crippen MR) is 163 cm³/mol. The molecule has 3 aromatic carbocycles. The number of hydrogen-bond acceptors (Lipinski definition) is 9. The molecule has 3 N–H and O–H groups in total. The van der Waals surface area contributed by atoms with E-state index in [0.717, 1.165) is 0 Å². The fraction of sp³-hybridized carbons (Fsp3) is 0.265. The van der Waals surface area contributed by atoms with Crippen molar-refractivity contribution in [3.63, 3.8) is 0 Å². The minimum absolute atomic E-state index is 0.0504. The SMILES string of the molecule is COc1cc(C=O)cc2c1O[C@@H]1[C@@H](O)[C@H](N(Cc3ccc(F)cc3)C(=O)c3cc4cccc(OC)c4o3)C=C(C(=O)NCCO)[C@H]21. The second-order valence-corrected chi connectivity index (χ2v) is 11.0. The van der Waals surface area contributed by atoms with Crippen molar-refractivity contribution in [2.24, 2.45) is 0 Å². The van der Waals surface area contributed by atoms with Gasteiger partial charge in [-0.15, -0.1) is 0 Å². The number of furan rings is 1. The zero-order valence-corrected chi connectivity index (χ0v) is 24.9. The van der Waals surface area contributed by atoms with E-state index < -0.39 is 41.8 Å². The Morgan fingerprint density at radius 1 is 1.07 bits per heavy atom. The van der Waals surface area contributed by atoms with Crippen LogP contribution in [0.2, 0.25) is 0 Å². The van der Waals surface area contributed by atoms with Gasteiger partial charge < -0.3 is 39.1 Å². The number of amides is 2. The smallest absolute Gasteiger partial charge is 0.290 e. The molecule has 11 nitrogen and oxygen atoms in total.